The Morgan fingerprint density at radius 2 is 2.29 bits per heavy atom. The topological polar surface area (TPSA) is 47.0 Å². The SMILES string of the molecule is CCCNc1nc(CC2CCCO2)nc2sc(CC)cc12. The van der Waals surface area contributed by atoms with Crippen LogP contribution in [-0.4, -0.2) is 29.2 Å². The molecule has 4 nitrogen and oxygen atoms in total. The van der Waals surface area contributed by atoms with Crippen LogP contribution in [0, 0.1) is 0 Å². The zero-order chi connectivity index (χ0) is 14.7. The van der Waals surface area contributed by atoms with Gasteiger partial charge in [-0.05, 0) is 31.7 Å². The summed E-state index contributed by atoms with van der Waals surface area (Å²) in [5, 5.41) is 4.62. The Kier molecular flexibility index (Phi) is 4.70. The van der Waals surface area contributed by atoms with Gasteiger partial charge in [0.1, 0.15) is 16.5 Å². The molecule has 1 N–H and O–H groups in total. The second-order valence-electron chi connectivity index (χ2n) is 5.54. The monoisotopic (exact) mass is 305 g/mol. The summed E-state index contributed by atoms with van der Waals surface area (Å²) in [6, 6.07) is 2.23. The van der Waals surface area contributed by atoms with Crippen LogP contribution in [0.4, 0.5) is 5.82 Å². The number of aryl methyl sites for hydroxylation is 1. The van der Waals surface area contributed by atoms with Crippen molar-refractivity contribution >= 4 is 27.4 Å². The first-order valence-corrected chi connectivity index (χ1v) is 8.76. The van der Waals surface area contributed by atoms with E-state index in [2.05, 4.69) is 25.2 Å². The van der Waals surface area contributed by atoms with Gasteiger partial charge in [-0.1, -0.05) is 13.8 Å². The van der Waals surface area contributed by atoms with Gasteiger partial charge in [-0.25, -0.2) is 9.97 Å². The lowest BCUT2D eigenvalue weighted by atomic mass is 10.2. The third-order valence-electron chi connectivity index (χ3n) is 3.82. The number of anilines is 1. The van der Waals surface area contributed by atoms with Crippen molar-refractivity contribution in [1.29, 1.82) is 0 Å². The fraction of sp³-hybridized carbons (Fsp3) is 0.625. The van der Waals surface area contributed by atoms with Crippen molar-refractivity contribution in [3.8, 4) is 0 Å². The molecule has 2 aromatic heterocycles. The molecule has 1 unspecified atom stereocenters. The minimum Gasteiger partial charge on any atom is -0.378 e. The summed E-state index contributed by atoms with van der Waals surface area (Å²) in [6.07, 6.45) is 5.56. The summed E-state index contributed by atoms with van der Waals surface area (Å²) in [4.78, 5) is 12.0. The van der Waals surface area contributed by atoms with Crippen molar-refractivity contribution in [3.05, 3.63) is 16.8 Å². The molecular formula is C16H23N3OS. The van der Waals surface area contributed by atoms with E-state index in [1.165, 1.54) is 10.3 Å². The molecular weight excluding hydrogens is 282 g/mol. The first kappa shape index (κ1) is 14.7. The van der Waals surface area contributed by atoms with Gasteiger partial charge in [-0.2, -0.15) is 0 Å². The third kappa shape index (κ3) is 3.35. The van der Waals surface area contributed by atoms with Gasteiger partial charge in [0.2, 0.25) is 0 Å². The van der Waals surface area contributed by atoms with E-state index in [1.807, 2.05) is 0 Å². The van der Waals surface area contributed by atoms with Gasteiger partial charge in [0, 0.05) is 24.4 Å². The summed E-state index contributed by atoms with van der Waals surface area (Å²) >= 11 is 1.79. The summed E-state index contributed by atoms with van der Waals surface area (Å²) in [6.45, 7) is 6.18. The molecule has 5 heteroatoms. The third-order valence-corrected chi connectivity index (χ3v) is 4.99. The molecule has 0 spiro atoms. The lowest BCUT2D eigenvalue weighted by Crippen LogP contribution is -2.13. The van der Waals surface area contributed by atoms with Crippen LogP contribution in [-0.2, 0) is 17.6 Å². The van der Waals surface area contributed by atoms with Gasteiger partial charge in [0.25, 0.3) is 0 Å². The van der Waals surface area contributed by atoms with E-state index in [0.717, 1.165) is 61.7 Å². The number of ether oxygens (including phenoxy) is 1. The number of hydrogen-bond donors (Lipinski definition) is 1. The van der Waals surface area contributed by atoms with Gasteiger partial charge < -0.3 is 10.1 Å². The van der Waals surface area contributed by atoms with Crippen LogP contribution in [0.1, 0.15) is 43.8 Å². The average molecular weight is 305 g/mol. The van der Waals surface area contributed by atoms with Crippen molar-refractivity contribution in [3.63, 3.8) is 0 Å². The molecule has 1 aliphatic rings. The number of aromatic nitrogens is 2. The Balaban J connectivity index is 1.92. The van der Waals surface area contributed by atoms with Crippen LogP contribution in [0.25, 0.3) is 10.2 Å². The molecule has 0 aliphatic carbocycles. The molecule has 1 saturated heterocycles. The summed E-state index contributed by atoms with van der Waals surface area (Å²) in [5.41, 5.74) is 0. The van der Waals surface area contributed by atoms with Crippen LogP contribution in [0.3, 0.4) is 0 Å². The maximum atomic E-state index is 5.72. The van der Waals surface area contributed by atoms with Crippen LogP contribution >= 0.6 is 11.3 Å². The Bertz CT molecular complexity index is 605. The van der Waals surface area contributed by atoms with E-state index in [1.54, 1.807) is 11.3 Å². The molecule has 1 aliphatic heterocycles. The molecule has 1 atom stereocenters. The molecule has 2 aromatic rings. The highest BCUT2D eigenvalue weighted by molar-refractivity contribution is 7.18. The summed E-state index contributed by atoms with van der Waals surface area (Å²) < 4.78 is 5.72. The summed E-state index contributed by atoms with van der Waals surface area (Å²) in [5.74, 6) is 1.91. The molecule has 0 radical (unpaired) electrons. The molecule has 0 aromatic carbocycles. The quantitative estimate of drug-likeness (QED) is 0.882. The van der Waals surface area contributed by atoms with E-state index in [-0.39, 0.29) is 0 Å². The van der Waals surface area contributed by atoms with E-state index in [9.17, 15) is 0 Å². The predicted octanol–water partition coefficient (Wildman–Crippen LogP) is 3.80. The number of thiophene rings is 1. The van der Waals surface area contributed by atoms with Crippen molar-refractivity contribution in [2.24, 2.45) is 0 Å². The van der Waals surface area contributed by atoms with E-state index in [4.69, 9.17) is 14.7 Å². The van der Waals surface area contributed by atoms with Crippen LogP contribution in [0.5, 0.6) is 0 Å². The fourth-order valence-corrected chi connectivity index (χ4v) is 3.65. The van der Waals surface area contributed by atoms with Gasteiger partial charge in [-0.3, -0.25) is 0 Å². The highest BCUT2D eigenvalue weighted by atomic mass is 32.1. The normalized spacial score (nSPS) is 18.5. The van der Waals surface area contributed by atoms with Crippen molar-refractivity contribution in [2.45, 2.75) is 52.1 Å². The number of fused-ring (bicyclic) bond motifs is 1. The second kappa shape index (κ2) is 6.71. The maximum absolute atomic E-state index is 5.72. The molecule has 0 saturated carbocycles. The number of hydrogen-bond acceptors (Lipinski definition) is 5. The number of nitrogens with zero attached hydrogens (tertiary/aromatic N) is 2. The minimum absolute atomic E-state index is 0.298. The Labute approximate surface area is 129 Å². The predicted molar refractivity (Wildman–Crippen MR) is 88.3 cm³/mol. The van der Waals surface area contributed by atoms with Crippen LogP contribution in [0.15, 0.2) is 6.07 Å². The van der Waals surface area contributed by atoms with Crippen LogP contribution in [0.2, 0.25) is 0 Å². The zero-order valence-corrected chi connectivity index (χ0v) is 13.6. The molecule has 3 rings (SSSR count). The largest absolute Gasteiger partial charge is 0.378 e. The highest BCUT2D eigenvalue weighted by Gasteiger charge is 2.19. The number of rotatable bonds is 6. The Morgan fingerprint density at radius 3 is 3.00 bits per heavy atom. The standard InChI is InChI=1S/C16H23N3OS/c1-3-7-17-15-13-10-12(4-2)21-16(13)19-14(18-15)9-11-6-5-8-20-11/h10-11H,3-9H2,1-2H3,(H,17,18,19). The molecule has 0 amide bonds. The zero-order valence-electron chi connectivity index (χ0n) is 12.8. The lowest BCUT2D eigenvalue weighted by Gasteiger charge is -2.11. The fourth-order valence-electron chi connectivity index (χ4n) is 2.67. The van der Waals surface area contributed by atoms with E-state index < -0.39 is 0 Å². The van der Waals surface area contributed by atoms with E-state index >= 15 is 0 Å². The molecule has 1 fully saturated rings. The molecule has 114 valence electrons. The smallest absolute Gasteiger partial charge is 0.138 e. The van der Waals surface area contributed by atoms with E-state index in [0.29, 0.717) is 6.10 Å². The first-order chi connectivity index (χ1) is 10.3. The van der Waals surface area contributed by atoms with Gasteiger partial charge in [0.15, 0.2) is 0 Å². The van der Waals surface area contributed by atoms with Crippen molar-refractivity contribution in [1.82, 2.24) is 9.97 Å². The maximum Gasteiger partial charge on any atom is 0.138 e. The summed E-state index contributed by atoms with van der Waals surface area (Å²) in [7, 11) is 0. The Morgan fingerprint density at radius 1 is 1.38 bits per heavy atom. The van der Waals surface area contributed by atoms with Crippen molar-refractivity contribution in [2.75, 3.05) is 18.5 Å². The van der Waals surface area contributed by atoms with Crippen molar-refractivity contribution < 1.29 is 4.74 Å². The molecule has 0 bridgehead atoms. The molecule has 21 heavy (non-hydrogen) atoms. The average Bonchev–Trinajstić information content (AvgIpc) is 3.13. The highest BCUT2D eigenvalue weighted by Crippen LogP contribution is 2.30. The number of nitrogens with one attached hydrogen (secondary N) is 1. The first-order valence-electron chi connectivity index (χ1n) is 7.95. The second-order valence-corrected chi connectivity index (χ2v) is 6.65. The van der Waals surface area contributed by atoms with Crippen LogP contribution < -0.4 is 5.32 Å². The minimum atomic E-state index is 0.298. The van der Waals surface area contributed by atoms with Gasteiger partial charge in [0.05, 0.1) is 11.5 Å². The molecule has 3 heterocycles. The van der Waals surface area contributed by atoms with Gasteiger partial charge in [-0.15, -0.1) is 11.3 Å². The lowest BCUT2D eigenvalue weighted by molar-refractivity contribution is 0.110. The Hall–Kier alpha value is -1.20. The van der Waals surface area contributed by atoms with Gasteiger partial charge >= 0.3 is 0 Å².